The minimum absolute atomic E-state index is 0.101. The lowest BCUT2D eigenvalue weighted by molar-refractivity contribution is 0.255. The van der Waals surface area contributed by atoms with Crippen LogP contribution in [0.15, 0.2) is 6.07 Å². The third kappa shape index (κ3) is 4.35. The van der Waals surface area contributed by atoms with Crippen molar-refractivity contribution in [3.63, 3.8) is 0 Å². The molecular formula is C14H27N5. The Balaban J connectivity index is 2.74. The normalized spacial score (nSPS) is 12.9. The summed E-state index contributed by atoms with van der Waals surface area (Å²) in [7, 11) is 0. The molecule has 0 saturated heterocycles. The molecule has 1 aromatic rings. The van der Waals surface area contributed by atoms with Gasteiger partial charge in [-0.1, -0.05) is 20.8 Å². The van der Waals surface area contributed by atoms with E-state index in [0.717, 1.165) is 38.3 Å². The van der Waals surface area contributed by atoms with Crippen LogP contribution < -0.4 is 5.73 Å². The second kappa shape index (κ2) is 7.28. The number of aromatic nitrogens is 2. The largest absolute Gasteiger partial charge is 0.387 e. The summed E-state index contributed by atoms with van der Waals surface area (Å²) in [6.07, 6.45) is 0.968. The summed E-state index contributed by atoms with van der Waals surface area (Å²) in [5.74, 6) is 0.361. The van der Waals surface area contributed by atoms with Gasteiger partial charge in [0.2, 0.25) is 0 Å². The van der Waals surface area contributed by atoms with Crippen molar-refractivity contribution in [3.8, 4) is 0 Å². The van der Waals surface area contributed by atoms with Crippen LogP contribution in [0.5, 0.6) is 0 Å². The Morgan fingerprint density at radius 3 is 2.63 bits per heavy atom. The number of rotatable bonds is 8. The maximum atomic E-state index is 7.49. The highest BCUT2D eigenvalue weighted by molar-refractivity contribution is 5.79. The Morgan fingerprint density at radius 2 is 2.16 bits per heavy atom. The number of hydrogen-bond acceptors (Lipinski definition) is 3. The van der Waals surface area contributed by atoms with Gasteiger partial charge in [-0.15, -0.1) is 0 Å². The molecule has 0 amide bonds. The number of nitrogens with one attached hydrogen (secondary N) is 1. The molecule has 0 aliphatic rings. The molecule has 3 N–H and O–H groups in total. The van der Waals surface area contributed by atoms with Gasteiger partial charge in [0.15, 0.2) is 0 Å². The minimum Gasteiger partial charge on any atom is -0.387 e. The van der Waals surface area contributed by atoms with Crippen molar-refractivity contribution in [2.75, 3.05) is 13.1 Å². The van der Waals surface area contributed by atoms with E-state index in [4.69, 9.17) is 11.1 Å². The van der Waals surface area contributed by atoms with Gasteiger partial charge in [0.1, 0.15) is 0 Å². The molecule has 1 rings (SSSR count). The maximum Gasteiger partial charge on any atom is 0.0947 e. The SMILES string of the molecule is CCc1cc(CN(CC)CC(C)C(=N)N)n(CC)n1. The zero-order chi connectivity index (χ0) is 14.4. The lowest BCUT2D eigenvalue weighted by Crippen LogP contribution is -2.34. The Hall–Kier alpha value is -1.36. The van der Waals surface area contributed by atoms with Gasteiger partial charge in [-0.25, -0.2) is 0 Å². The van der Waals surface area contributed by atoms with Crippen LogP contribution in [-0.2, 0) is 19.5 Å². The van der Waals surface area contributed by atoms with Gasteiger partial charge in [0.05, 0.1) is 17.2 Å². The molecule has 108 valence electrons. The number of nitrogens with two attached hydrogens (primary N) is 1. The van der Waals surface area contributed by atoms with Crippen LogP contribution in [0.2, 0.25) is 0 Å². The molecule has 1 atom stereocenters. The molecule has 0 aromatic carbocycles. The smallest absolute Gasteiger partial charge is 0.0947 e. The van der Waals surface area contributed by atoms with Gasteiger partial charge in [-0.3, -0.25) is 15.0 Å². The van der Waals surface area contributed by atoms with E-state index >= 15 is 0 Å². The number of amidine groups is 1. The summed E-state index contributed by atoms with van der Waals surface area (Å²) < 4.78 is 2.07. The molecule has 19 heavy (non-hydrogen) atoms. The van der Waals surface area contributed by atoms with Crippen molar-refractivity contribution in [2.24, 2.45) is 11.7 Å². The number of hydrogen-bond donors (Lipinski definition) is 2. The first kappa shape index (κ1) is 15.7. The van der Waals surface area contributed by atoms with E-state index in [1.807, 2.05) is 6.92 Å². The summed E-state index contributed by atoms with van der Waals surface area (Å²) in [5.41, 5.74) is 7.95. The maximum absolute atomic E-state index is 7.49. The fraction of sp³-hybridized carbons (Fsp3) is 0.714. The summed E-state index contributed by atoms with van der Waals surface area (Å²) in [5, 5.41) is 12.1. The van der Waals surface area contributed by atoms with E-state index in [9.17, 15) is 0 Å². The van der Waals surface area contributed by atoms with Gasteiger partial charge >= 0.3 is 0 Å². The first-order chi connectivity index (χ1) is 9.01. The summed E-state index contributed by atoms with van der Waals surface area (Å²) in [6.45, 7) is 11.9. The lowest BCUT2D eigenvalue weighted by Gasteiger charge is -2.23. The van der Waals surface area contributed by atoms with Crippen molar-refractivity contribution >= 4 is 5.84 Å². The average molecular weight is 265 g/mol. The van der Waals surface area contributed by atoms with Gasteiger partial charge in [0, 0.05) is 25.6 Å². The van der Waals surface area contributed by atoms with Crippen LogP contribution in [0, 0.1) is 11.3 Å². The predicted octanol–water partition coefficient (Wildman–Crippen LogP) is 1.86. The highest BCUT2D eigenvalue weighted by Crippen LogP contribution is 2.10. The molecule has 5 heteroatoms. The van der Waals surface area contributed by atoms with Crippen LogP contribution in [0.3, 0.4) is 0 Å². The minimum atomic E-state index is 0.101. The highest BCUT2D eigenvalue weighted by Gasteiger charge is 2.14. The van der Waals surface area contributed by atoms with Crippen LogP contribution in [0.25, 0.3) is 0 Å². The summed E-state index contributed by atoms with van der Waals surface area (Å²) in [6, 6.07) is 2.19. The molecule has 1 aromatic heterocycles. The first-order valence-corrected chi connectivity index (χ1v) is 7.13. The Bertz CT molecular complexity index is 410. The fourth-order valence-corrected chi connectivity index (χ4v) is 2.11. The summed E-state index contributed by atoms with van der Waals surface area (Å²) >= 11 is 0. The molecule has 5 nitrogen and oxygen atoms in total. The van der Waals surface area contributed by atoms with E-state index in [2.05, 4.69) is 41.5 Å². The topological polar surface area (TPSA) is 70.9 Å². The number of aryl methyl sites for hydroxylation is 2. The predicted molar refractivity (Wildman–Crippen MR) is 79.3 cm³/mol. The van der Waals surface area contributed by atoms with Crippen molar-refractivity contribution in [2.45, 2.75) is 47.2 Å². The van der Waals surface area contributed by atoms with Gasteiger partial charge in [-0.05, 0) is 26.0 Å². The van der Waals surface area contributed by atoms with E-state index in [1.54, 1.807) is 0 Å². The molecule has 0 fully saturated rings. The molecule has 0 spiro atoms. The highest BCUT2D eigenvalue weighted by atomic mass is 15.3. The molecule has 0 aliphatic heterocycles. The molecule has 0 radical (unpaired) electrons. The van der Waals surface area contributed by atoms with Gasteiger partial charge in [-0.2, -0.15) is 5.10 Å². The van der Waals surface area contributed by atoms with Crippen molar-refractivity contribution in [1.29, 1.82) is 5.41 Å². The van der Waals surface area contributed by atoms with Crippen LogP contribution in [0.4, 0.5) is 0 Å². The molecular weight excluding hydrogens is 238 g/mol. The van der Waals surface area contributed by atoms with Crippen molar-refractivity contribution in [1.82, 2.24) is 14.7 Å². The van der Waals surface area contributed by atoms with Gasteiger partial charge in [0.25, 0.3) is 0 Å². The average Bonchev–Trinajstić information content (AvgIpc) is 2.79. The molecule has 0 bridgehead atoms. The monoisotopic (exact) mass is 265 g/mol. The Labute approximate surface area is 116 Å². The Kier molecular flexibility index (Phi) is 6.02. The molecule has 1 unspecified atom stereocenters. The lowest BCUT2D eigenvalue weighted by atomic mass is 10.1. The molecule has 1 heterocycles. The van der Waals surface area contributed by atoms with E-state index < -0.39 is 0 Å². The van der Waals surface area contributed by atoms with Crippen molar-refractivity contribution in [3.05, 3.63) is 17.5 Å². The zero-order valence-corrected chi connectivity index (χ0v) is 12.6. The van der Waals surface area contributed by atoms with Crippen LogP contribution in [-0.4, -0.2) is 33.6 Å². The summed E-state index contributed by atoms with van der Waals surface area (Å²) in [4.78, 5) is 2.31. The van der Waals surface area contributed by atoms with Crippen LogP contribution in [0.1, 0.15) is 39.1 Å². The quantitative estimate of drug-likeness (QED) is 0.557. The second-order valence-electron chi connectivity index (χ2n) is 4.98. The van der Waals surface area contributed by atoms with E-state index in [1.165, 1.54) is 5.69 Å². The standard InChI is InChI=1S/C14H27N5/c1-5-12-8-13(19(7-3)17-12)10-18(6-2)9-11(4)14(15)16/h8,11H,5-7,9-10H2,1-4H3,(H3,15,16). The van der Waals surface area contributed by atoms with Crippen molar-refractivity contribution < 1.29 is 0 Å². The first-order valence-electron chi connectivity index (χ1n) is 7.13. The third-order valence-electron chi connectivity index (χ3n) is 3.47. The van der Waals surface area contributed by atoms with Crippen LogP contribution >= 0.6 is 0 Å². The van der Waals surface area contributed by atoms with E-state index in [-0.39, 0.29) is 11.8 Å². The zero-order valence-electron chi connectivity index (χ0n) is 12.6. The van der Waals surface area contributed by atoms with E-state index in [0.29, 0.717) is 0 Å². The molecule has 0 saturated carbocycles. The van der Waals surface area contributed by atoms with Gasteiger partial charge < -0.3 is 5.73 Å². The third-order valence-corrected chi connectivity index (χ3v) is 3.47. The second-order valence-corrected chi connectivity index (χ2v) is 4.98. The number of nitrogens with zero attached hydrogens (tertiary/aromatic N) is 3. The fourth-order valence-electron chi connectivity index (χ4n) is 2.11. The Morgan fingerprint density at radius 1 is 1.47 bits per heavy atom. The molecule has 0 aliphatic carbocycles.